The van der Waals surface area contributed by atoms with Crippen molar-refractivity contribution in [1.29, 1.82) is 0 Å². The van der Waals surface area contributed by atoms with Crippen LogP contribution in [-0.2, 0) is 4.79 Å². The van der Waals surface area contributed by atoms with E-state index >= 15 is 0 Å². The van der Waals surface area contributed by atoms with Crippen LogP contribution in [-0.4, -0.2) is 35.5 Å². The number of fused-ring (bicyclic) bond motifs is 1. The summed E-state index contributed by atoms with van der Waals surface area (Å²) in [6.07, 6.45) is 2.35. The highest BCUT2D eigenvalue weighted by Crippen LogP contribution is 2.40. The van der Waals surface area contributed by atoms with Crippen molar-refractivity contribution in [3.63, 3.8) is 0 Å². The zero-order chi connectivity index (χ0) is 11.2. The van der Waals surface area contributed by atoms with Gasteiger partial charge in [0, 0.05) is 18.1 Å². The molecule has 3 heteroatoms. The lowest BCUT2D eigenvalue weighted by Crippen LogP contribution is -2.51. The minimum Gasteiger partial charge on any atom is -0.335 e. The van der Waals surface area contributed by atoms with Crippen molar-refractivity contribution in [3.8, 4) is 0 Å². The number of nitrogens with one attached hydrogen (secondary N) is 1. The van der Waals surface area contributed by atoms with E-state index in [0.717, 1.165) is 13.0 Å². The SMILES string of the molecule is CC(C)N1C(=O)C(C)(C)C2NCCCC21. The fraction of sp³-hybridized carbons (Fsp3) is 0.917. The summed E-state index contributed by atoms with van der Waals surface area (Å²) in [5, 5.41) is 3.52. The predicted octanol–water partition coefficient (Wildman–Crippen LogP) is 1.38. The van der Waals surface area contributed by atoms with Crippen LogP contribution in [0.5, 0.6) is 0 Å². The minimum absolute atomic E-state index is 0.227. The van der Waals surface area contributed by atoms with Crippen LogP contribution in [0.15, 0.2) is 0 Å². The van der Waals surface area contributed by atoms with Crippen LogP contribution in [0.1, 0.15) is 40.5 Å². The van der Waals surface area contributed by atoms with Crippen LogP contribution in [0.3, 0.4) is 0 Å². The fourth-order valence-corrected chi connectivity index (χ4v) is 3.14. The van der Waals surface area contributed by atoms with Crippen LogP contribution in [0.25, 0.3) is 0 Å². The molecule has 1 amide bonds. The molecule has 0 bridgehead atoms. The Morgan fingerprint density at radius 2 is 2.13 bits per heavy atom. The van der Waals surface area contributed by atoms with Crippen LogP contribution in [0.2, 0.25) is 0 Å². The maximum absolute atomic E-state index is 12.3. The van der Waals surface area contributed by atoms with Gasteiger partial charge in [-0.15, -0.1) is 0 Å². The standard InChI is InChI=1S/C12H22N2O/c1-8(2)14-9-6-5-7-13-10(9)12(3,4)11(14)15/h8-10,13H,5-7H2,1-4H3. The second kappa shape index (κ2) is 3.48. The summed E-state index contributed by atoms with van der Waals surface area (Å²) in [5.74, 6) is 0.321. The molecule has 0 aromatic carbocycles. The number of hydrogen-bond donors (Lipinski definition) is 1. The molecular formula is C12H22N2O. The van der Waals surface area contributed by atoms with Crippen molar-refractivity contribution in [2.24, 2.45) is 5.41 Å². The van der Waals surface area contributed by atoms with E-state index in [4.69, 9.17) is 0 Å². The molecule has 2 aliphatic rings. The molecule has 0 radical (unpaired) electrons. The fourth-order valence-electron chi connectivity index (χ4n) is 3.14. The molecule has 2 saturated heterocycles. The second-order valence-electron chi connectivity index (χ2n) is 5.67. The van der Waals surface area contributed by atoms with Crippen molar-refractivity contribution in [3.05, 3.63) is 0 Å². The lowest BCUT2D eigenvalue weighted by atomic mass is 9.81. The number of rotatable bonds is 1. The largest absolute Gasteiger partial charge is 0.335 e. The van der Waals surface area contributed by atoms with E-state index in [-0.39, 0.29) is 5.41 Å². The predicted molar refractivity (Wildman–Crippen MR) is 60.6 cm³/mol. The molecule has 0 aromatic rings. The van der Waals surface area contributed by atoms with Gasteiger partial charge in [-0.1, -0.05) is 0 Å². The summed E-state index contributed by atoms with van der Waals surface area (Å²) in [6.45, 7) is 9.45. The van der Waals surface area contributed by atoms with Gasteiger partial charge in [0.25, 0.3) is 0 Å². The maximum atomic E-state index is 12.3. The lowest BCUT2D eigenvalue weighted by Gasteiger charge is -2.35. The summed E-state index contributed by atoms with van der Waals surface area (Å²) in [4.78, 5) is 14.4. The molecule has 86 valence electrons. The van der Waals surface area contributed by atoms with E-state index in [1.165, 1.54) is 6.42 Å². The third kappa shape index (κ3) is 1.48. The molecule has 2 rings (SSSR count). The van der Waals surface area contributed by atoms with E-state index in [0.29, 0.717) is 24.0 Å². The van der Waals surface area contributed by atoms with Crippen molar-refractivity contribution in [1.82, 2.24) is 10.2 Å². The first-order valence-electron chi connectivity index (χ1n) is 6.02. The van der Waals surface area contributed by atoms with E-state index < -0.39 is 0 Å². The zero-order valence-electron chi connectivity index (χ0n) is 10.2. The van der Waals surface area contributed by atoms with Gasteiger partial charge in [0.2, 0.25) is 5.91 Å². The monoisotopic (exact) mass is 210 g/mol. The minimum atomic E-state index is -0.227. The highest BCUT2D eigenvalue weighted by molar-refractivity contribution is 5.86. The van der Waals surface area contributed by atoms with Gasteiger partial charge >= 0.3 is 0 Å². The van der Waals surface area contributed by atoms with Crippen molar-refractivity contribution in [2.75, 3.05) is 6.54 Å². The molecule has 2 unspecified atom stereocenters. The van der Waals surface area contributed by atoms with Crippen LogP contribution in [0.4, 0.5) is 0 Å². The molecule has 1 N–H and O–H groups in total. The average molecular weight is 210 g/mol. The Morgan fingerprint density at radius 3 is 2.73 bits per heavy atom. The first-order valence-corrected chi connectivity index (χ1v) is 6.02. The molecule has 15 heavy (non-hydrogen) atoms. The Balaban J connectivity index is 2.31. The molecule has 2 atom stereocenters. The van der Waals surface area contributed by atoms with Crippen LogP contribution >= 0.6 is 0 Å². The second-order valence-corrected chi connectivity index (χ2v) is 5.67. The zero-order valence-corrected chi connectivity index (χ0v) is 10.2. The van der Waals surface area contributed by atoms with Gasteiger partial charge in [-0.25, -0.2) is 0 Å². The number of likely N-dealkylation sites (tertiary alicyclic amines) is 1. The normalized spacial score (nSPS) is 34.7. The number of carbonyl (C=O) groups excluding carboxylic acids is 1. The van der Waals surface area contributed by atoms with Crippen molar-refractivity contribution in [2.45, 2.75) is 58.7 Å². The molecule has 2 fully saturated rings. The molecule has 0 aliphatic carbocycles. The molecule has 2 aliphatic heterocycles. The molecule has 3 nitrogen and oxygen atoms in total. The summed E-state index contributed by atoms with van der Waals surface area (Å²) in [7, 11) is 0. The highest BCUT2D eigenvalue weighted by atomic mass is 16.2. The smallest absolute Gasteiger partial charge is 0.230 e. The molecule has 0 aromatic heterocycles. The third-order valence-corrected chi connectivity index (χ3v) is 3.90. The third-order valence-electron chi connectivity index (χ3n) is 3.90. The van der Waals surface area contributed by atoms with E-state index in [1.807, 2.05) is 0 Å². The van der Waals surface area contributed by atoms with E-state index in [9.17, 15) is 4.79 Å². The molecular weight excluding hydrogens is 188 g/mol. The molecule has 0 saturated carbocycles. The van der Waals surface area contributed by atoms with Gasteiger partial charge in [0.05, 0.1) is 5.41 Å². The van der Waals surface area contributed by atoms with Crippen molar-refractivity contribution >= 4 is 5.91 Å². The quantitative estimate of drug-likeness (QED) is 0.709. The summed E-state index contributed by atoms with van der Waals surface area (Å²) in [6, 6.07) is 1.09. The van der Waals surface area contributed by atoms with Crippen molar-refractivity contribution < 1.29 is 4.79 Å². The van der Waals surface area contributed by atoms with Gasteiger partial charge in [-0.2, -0.15) is 0 Å². The molecule has 2 heterocycles. The Labute approximate surface area is 92.2 Å². The summed E-state index contributed by atoms with van der Waals surface area (Å²) >= 11 is 0. The van der Waals surface area contributed by atoms with E-state index in [1.54, 1.807) is 0 Å². The maximum Gasteiger partial charge on any atom is 0.230 e. The Kier molecular flexibility index (Phi) is 2.53. The summed E-state index contributed by atoms with van der Waals surface area (Å²) < 4.78 is 0. The Bertz CT molecular complexity index is 273. The van der Waals surface area contributed by atoms with Gasteiger partial charge in [0.1, 0.15) is 0 Å². The number of amides is 1. The Morgan fingerprint density at radius 1 is 1.47 bits per heavy atom. The molecule has 0 spiro atoms. The van der Waals surface area contributed by atoms with Crippen LogP contribution in [0, 0.1) is 5.41 Å². The topological polar surface area (TPSA) is 32.3 Å². The number of hydrogen-bond acceptors (Lipinski definition) is 2. The van der Waals surface area contributed by atoms with Gasteiger partial charge in [-0.05, 0) is 47.1 Å². The van der Waals surface area contributed by atoms with Gasteiger partial charge in [0.15, 0.2) is 0 Å². The average Bonchev–Trinajstić information content (AvgIpc) is 2.36. The first kappa shape index (κ1) is 10.9. The number of piperidine rings is 1. The van der Waals surface area contributed by atoms with Gasteiger partial charge in [-0.3, -0.25) is 4.79 Å². The first-order chi connectivity index (χ1) is 6.96. The van der Waals surface area contributed by atoms with Gasteiger partial charge < -0.3 is 10.2 Å². The lowest BCUT2D eigenvalue weighted by molar-refractivity contribution is -0.137. The summed E-state index contributed by atoms with van der Waals surface area (Å²) in [5.41, 5.74) is -0.227. The Hall–Kier alpha value is -0.570. The highest BCUT2D eigenvalue weighted by Gasteiger charge is 2.54. The van der Waals surface area contributed by atoms with E-state index in [2.05, 4.69) is 37.9 Å². The van der Waals surface area contributed by atoms with Crippen LogP contribution < -0.4 is 5.32 Å². The number of nitrogens with zero attached hydrogens (tertiary/aromatic N) is 1. The number of carbonyl (C=O) groups is 1.